The Labute approximate surface area is 157 Å². The summed E-state index contributed by atoms with van der Waals surface area (Å²) in [6, 6.07) is 8.84. The molecule has 0 radical (unpaired) electrons. The van der Waals surface area contributed by atoms with Crippen LogP contribution in [0.15, 0.2) is 29.3 Å². The van der Waals surface area contributed by atoms with E-state index in [1.54, 1.807) is 14.2 Å². The molecule has 0 fully saturated rings. The first kappa shape index (κ1) is 22.0. The molecular weight excluding hydrogens is 403 g/mol. The Morgan fingerprint density at radius 2 is 2.04 bits per heavy atom. The standard InChI is InChI=1S/C17H30N4O.HI/c1-7-13(2)20-17(18-3)19-12-16(21(4)5)14-9-8-10-15(11-14)22-6;/h8-11,13,16H,7,12H2,1-6H3,(H2,18,19,20);1H. The van der Waals surface area contributed by atoms with Crippen LogP contribution in [0.5, 0.6) is 5.75 Å². The molecule has 1 rings (SSSR count). The molecule has 5 nitrogen and oxygen atoms in total. The van der Waals surface area contributed by atoms with E-state index in [4.69, 9.17) is 4.74 Å². The van der Waals surface area contributed by atoms with Crippen LogP contribution in [0.1, 0.15) is 31.9 Å². The normalized spacial score (nSPS) is 14.0. The average Bonchev–Trinajstić information content (AvgIpc) is 2.53. The number of aliphatic imine (C=N–C) groups is 1. The number of likely N-dealkylation sites (N-methyl/N-ethyl adjacent to an activating group) is 1. The van der Waals surface area contributed by atoms with E-state index in [0.29, 0.717) is 6.04 Å². The largest absolute Gasteiger partial charge is 0.497 e. The minimum atomic E-state index is 0. The molecule has 6 heteroatoms. The fourth-order valence-corrected chi connectivity index (χ4v) is 2.17. The molecule has 2 unspecified atom stereocenters. The van der Waals surface area contributed by atoms with Gasteiger partial charge in [0.1, 0.15) is 5.75 Å². The van der Waals surface area contributed by atoms with E-state index in [1.165, 1.54) is 5.56 Å². The minimum absolute atomic E-state index is 0. The lowest BCUT2D eigenvalue weighted by atomic mass is 10.1. The smallest absolute Gasteiger partial charge is 0.191 e. The maximum Gasteiger partial charge on any atom is 0.191 e. The lowest BCUT2D eigenvalue weighted by Gasteiger charge is -2.27. The third-order valence-corrected chi connectivity index (χ3v) is 3.78. The van der Waals surface area contributed by atoms with Crippen molar-refractivity contribution in [2.24, 2.45) is 4.99 Å². The Balaban J connectivity index is 0.00000484. The van der Waals surface area contributed by atoms with Crippen LogP contribution >= 0.6 is 24.0 Å². The van der Waals surface area contributed by atoms with E-state index >= 15 is 0 Å². The molecule has 0 amide bonds. The van der Waals surface area contributed by atoms with Crippen molar-refractivity contribution in [1.82, 2.24) is 15.5 Å². The number of benzene rings is 1. The van der Waals surface area contributed by atoms with Gasteiger partial charge < -0.3 is 20.3 Å². The number of nitrogens with zero attached hydrogens (tertiary/aromatic N) is 2. The Morgan fingerprint density at radius 1 is 1.35 bits per heavy atom. The molecule has 0 aliphatic heterocycles. The Morgan fingerprint density at radius 3 is 2.57 bits per heavy atom. The molecule has 1 aromatic carbocycles. The number of ether oxygens (including phenoxy) is 1. The van der Waals surface area contributed by atoms with Crippen LogP contribution in [0.25, 0.3) is 0 Å². The highest BCUT2D eigenvalue weighted by molar-refractivity contribution is 14.0. The molecule has 1 aromatic rings. The number of methoxy groups -OCH3 is 1. The summed E-state index contributed by atoms with van der Waals surface area (Å²) < 4.78 is 5.32. The summed E-state index contributed by atoms with van der Waals surface area (Å²) in [6.07, 6.45) is 1.06. The lowest BCUT2D eigenvalue weighted by molar-refractivity contribution is 0.297. The van der Waals surface area contributed by atoms with Crippen LogP contribution in [0, 0.1) is 0 Å². The molecule has 0 bridgehead atoms. The molecule has 23 heavy (non-hydrogen) atoms. The molecule has 0 saturated heterocycles. The summed E-state index contributed by atoms with van der Waals surface area (Å²) in [5.41, 5.74) is 1.22. The maximum atomic E-state index is 5.32. The number of hydrogen-bond acceptors (Lipinski definition) is 3. The molecule has 2 atom stereocenters. The number of hydrogen-bond donors (Lipinski definition) is 2. The van der Waals surface area contributed by atoms with Gasteiger partial charge in [0.2, 0.25) is 0 Å². The molecule has 0 heterocycles. The van der Waals surface area contributed by atoms with Gasteiger partial charge in [0.15, 0.2) is 5.96 Å². The summed E-state index contributed by atoms with van der Waals surface area (Å²) in [5, 5.41) is 6.79. The van der Waals surface area contributed by atoms with E-state index in [-0.39, 0.29) is 30.0 Å². The summed E-state index contributed by atoms with van der Waals surface area (Å²) >= 11 is 0. The monoisotopic (exact) mass is 434 g/mol. The van der Waals surface area contributed by atoms with Gasteiger partial charge >= 0.3 is 0 Å². The average molecular weight is 434 g/mol. The van der Waals surface area contributed by atoms with Gasteiger partial charge in [-0.15, -0.1) is 24.0 Å². The van der Waals surface area contributed by atoms with Gasteiger partial charge in [-0.1, -0.05) is 19.1 Å². The second-order valence-corrected chi connectivity index (χ2v) is 5.66. The first-order valence-corrected chi connectivity index (χ1v) is 7.79. The first-order valence-electron chi connectivity index (χ1n) is 7.79. The lowest BCUT2D eigenvalue weighted by Crippen LogP contribution is -2.44. The van der Waals surface area contributed by atoms with Gasteiger partial charge in [-0.25, -0.2) is 0 Å². The van der Waals surface area contributed by atoms with Crippen LogP contribution in [0.4, 0.5) is 0 Å². The SMILES string of the molecule is CCC(C)NC(=NC)NCC(c1cccc(OC)c1)N(C)C.I. The fraction of sp³-hybridized carbons (Fsp3) is 0.588. The number of guanidine groups is 1. The van der Waals surface area contributed by atoms with Crippen LogP contribution < -0.4 is 15.4 Å². The van der Waals surface area contributed by atoms with Crippen LogP contribution in [-0.2, 0) is 0 Å². The summed E-state index contributed by atoms with van der Waals surface area (Å²) in [5.74, 6) is 1.72. The maximum absolute atomic E-state index is 5.32. The topological polar surface area (TPSA) is 48.9 Å². The van der Waals surface area contributed by atoms with Gasteiger partial charge in [0.05, 0.1) is 13.2 Å². The van der Waals surface area contributed by atoms with Gasteiger partial charge in [0, 0.05) is 19.6 Å². The Hall–Kier alpha value is -1.02. The predicted molar refractivity (Wildman–Crippen MR) is 109 cm³/mol. The van der Waals surface area contributed by atoms with Crippen LogP contribution in [0.2, 0.25) is 0 Å². The van der Waals surface area contributed by atoms with Gasteiger partial charge in [-0.3, -0.25) is 4.99 Å². The van der Waals surface area contributed by atoms with Crippen molar-refractivity contribution in [2.45, 2.75) is 32.4 Å². The van der Waals surface area contributed by atoms with E-state index in [1.807, 2.05) is 12.1 Å². The second-order valence-electron chi connectivity index (χ2n) is 5.66. The zero-order valence-corrected chi connectivity index (χ0v) is 17.4. The number of halogens is 1. The number of nitrogens with one attached hydrogen (secondary N) is 2. The van der Waals surface area contributed by atoms with Crippen molar-refractivity contribution in [2.75, 3.05) is 34.8 Å². The highest BCUT2D eigenvalue weighted by Crippen LogP contribution is 2.21. The highest BCUT2D eigenvalue weighted by Gasteiger charge is 2.15. The molecule has 0 aromatic heterocycles. The third kappa shape index (κ3) is 7.39. The van der Waals surface area contributed by atoms with E-state index in [0.717, 1.165) is 24.7 Å². The molecule has 0 aliphatic rings. The Bertz CT molecular complexity index is 479. The van der Waals surface area contributed by atoms with Crippen LogP contribution in [-0.4, -0.2) is 51.7 Å². The summed E-state index contributed by atoms with van der Waals surface area (Å²) in [7, 11) is 7.65. The van der Waals surface area contributed by atoms with Crippen molar-refractivity contribution in [3.05, 3.63) is 29.8 Å². The third-order valence-electron chi connectivity index (χ3n) is 3.78. The van der Waals surface area contributed by atoms with Gasteiger partial charge in [0.25, 0.3) is 0 Å². The van der Waals surface area contributed by atoms with Gasteiger partial charge in [-0.2, -0.15) is 0 Å². The van der Waals surface area contributed by atoms with Crippen molar-refractivity contribution < 1.29 is 4.74 Å². The van der Waals surface area contributed by atoms with Crippen LogP contribution in [0.3, 0.4) is 0 Å². The summed E-state index contributed by atoms with van der Waals surface area (Å²) in [6.45, 7) is 5.08. The molecule has 0 spiro atoms. The van der Waals surface area contributed by atoms with E-state index in [2.05, 4.69) is 60.6 Å². The summed E-state index contributed by atoms with van der Waals surface area (Å²) in [4.78, 5) is 6.48. The molecular formula is C17H31IN4O. The quantitative estimate of drug-likeness (QED) is 0.394. The second kappa shape index (κ2) is 11.5. The Kier molecular flexibility index (Phi) is 11.0. The van der Waals surface area contributed by atoms with Gasteiger partial charge in [-0.05, 0) is 45.1 Å². The minimum Gasteiger partial charge on any atom is -0.497 e. The fourth-order valence-electron chi connectivity index (χ4n) is 2.17. The number of rotatable bonds is 7. The first-order chi connectivity index (χ1) is 10.5. The predicted octanol–water partition coefficient (Wildman–Crippen LogP) is 2.88. The van der Waals surface area contributed by atoms with E-state index in [9.17, 15) is 0 Å². The molecule has 0 aliphatic carbocycles. The van der Waals surface area contributed by atoms with Crippen molar-refractivity contribution >= 4 is 29.9 Å². The zero-order valence-electron chi connectivity index (χ0n) is 15.1. The van der Waals surface area contributed by atoms with Crippen molar-refractivity contribution in [3.63, 3.8) is 0 Å². The van der Waals surface area contributed by atoms with Crippen molar-refractivity contribution in [3.8, 4) is 5.75 Å². The highest BCUT2D eigenvalue weighted by atomic mass is 127. The molecule has 0 saturated carbocycles. The van der Waals surface area contributed by atoms with E-state index < -0.39 is 0 Å². The zero-order chi connectivity index (χ0) is 16.5. The molecule has 2 N–H and O–H groups in total. The molecule has 132 valence electrons. The van der Waals surface area contributed by atoms with Crippen molar-refractivity contribution in [1.29, 1.82) is 0 Å².